The minimum atomic E-state index is 0.229. The van der Waals surface area contributed by atoms with Crippen molar-refractivity contribution in [3.63, 3.8) is 0 Å². The fourth-order valence-electron chi connectivity index (χ4n) is 2.79. The predicted molar refractivity (Wildman–Crippen MR) is 92.6 cm³/mol. The Hall–Kier alpha value is -1.63. The first-order chi connectivity index (χ1) is 11.2. The molecule has 0 bridgehead atoms. The fourth-order valence-corrected chi connectivity index (χ4v) is 3.58. The Labute approximate surface area is 141 Å². The number of nitrogens with one attached hydrogen (secondary N) is 1. The summed E-state index contributed by atoms with van der Waals surface area (Å²) in [4.78, 5) is 26.8. The molecule has 6 nitrogen and oxygen atoms in total. The molecule has 0 radical (unpaired) electrons. The van der Waals surface area contributed by atoms with Gasteiger partial charge in [-0.2, -0.15) is 0 Å². The maximum Gasteiger partial charge on any atom is 0.242 e. The highest BCUT2D eigenvalue weighted by molar-refractivity contribution is 7.11. The summed E-state index contributed by atoms with van der Waals surface area (Å²) in [5, 5.41) is 4.33. The number of hydrogen-bond donors (Lipinski definition) is 1. The zero-order valence-corrected chi connectivity index (χ0v) is 14.7. The maximum atomic E-state index is 12.3. The van der Waals surface area contributed by atoms with E-state index in [0.29, 0.717) is 19.1 Å². The smallest absolute Gasteiger partial charge is 0.242 e. The molecule has 7 heteroatoms. The van der Waals surface area contributed by atoms with Crippen molar-refractivity contribution in [2.75, 3.05) is 26.2 Å². The molecule has 2 aliphatic rings. The third-order valence-electron chi connectivity index (χ3n) is 4.19. The molecule has 1 aromatic heterocycles. The van der Waals surface area contributed by atoms with E-state index in [1.54, 1.807) is 11.3 Å². The zero-order valence-electron chi connectivity index (χ0n) is 13.9. The van der Waals surface area contributed by atoms with E-state index in [1.165, 1.54) is 17.7 Å². The van der Waals surface area contributed by atoms with Gasteiger partial charge in [0.25, 0.3) is 0 Å². The number of aromatic nitrogens is 1. The lowest BCUT2D eigenvalue weighted by Gasteiger charge is -2.36. The van der Waals surface area contributed by atoms with Crippen LogP contribution in [0.3, 0.4) is 0 Å². The van der Waals surface area contributed by atoms with Gasteiger partial charge in [0, 0.05) is 36.8 Å². The normalized spacial score (nSPS) is 19.4. The molecule has 23 heavy (non-hydrogen) atoms. The van der Waals surface area contributed by atoms with Crippen LogP contribution in [0.15, 0.2) is 11.2 Å². The van der Waals surface area contributed by atoms with Crippen LogP contribution in [0.2, 0.25) is 0 Å². The van der Waals surface area contributed by atoms with Crippen molar-refractivity contribution in [2.24, 2.45) is 4.99 Å². The van der Waals surface area contributed by atoms with Gasteiger partial charge in [-0.25, -0.2) is 9.98 Å². The van der Waals surface area contributed by atoms with Crippen LogP contribution in [-0.2, 0) is 17.8 Å². The third kappa shape index (κ3) is 4.02. The molecule has 1 saturated heterocycles. The van der Waals surface area contributed by atoms with E-state index in [9.17, 15) is 4.79 Å². The Morgan fingerprint density at radius 1 is 1.43 bits per heavy atom. The number of nitrogens with zero attached hydrogens (tertiary/aromatic N) is 4. The molecule has 1 aliphatic carbocycles. The number of guanidine groups is 1. The molecule has 0 aromatic carbocycles. The van der Waals surface area contributed by atoms with Crippen LogP contribution in [0.5, 0.6) is 0 Å². The molecule has 1 aromatic rings. The van der Waals surface area contributed by atoms with Crippen molar-refractivity contribution < 1.29 is 4.79 Å². The number of amides is 1. The second-order valence-corrected chi connectivity index (χ2v) is 7.18. The molecule has 0 spiro atoms. The van der Waals surface area contributed by atoms with Crippen molar-refractivity contribution in [3.05, 3.63) is 16.1 Å². The summed E-state index contributed by atoms with van der Waals surface area (Å²) < 4.78 is 0. The Morgan fingerprint density at radius 2 is 2.26 bits per heavy atom. The lowest BCUT2D eigenvalue weighted by atomic mass is 10.3. The van der Waals surface area contributed by atoms with Crippen molar-refractivity contribution in [3.8, 4) is 0 Å². The lowest BCUT2D eigenvalue weighted by molar-refractivity contribution is -0.135. The molecular formula is C16H25N5OS. The van der Waals surface area contributed by atoms with Crippen LogP contribution in [0.4, 0.5) is 0 Å². The largest absolute Gasteiger partial charge is 0.356 e. The standard InChI is InChI=1S/C16H25N5OS/c1-3-13-9-18-14(23-13)10-19-16(17-4-2)20-7-8-21(12-5-6-12)15(22)11-20/h9,12H,3-8,10-11H2,1-2H3,(H,17,19). The number of aryl methyl sites for hydroxylation is 1. The number of aliphatic imine (C=N–C) groups is 1. The summed E-state index contributed by atoms with van der Waals surface area (Å²) in [5.74, 6) is 1.05. The summed E-state index contributed by atoms with van der Waals surface area (Å²) in [6, 6.07) is 0.506. The van der Waals surface area contributed by atoms with Crippen LogP contribution in [0, 0.1) is 0 Å². The van der Waals surface area contributed by atoms with Crippen LogP contribution in [0.25, 0.3) is 0 Å². The highest BCUT2D eigenvalue weighted by atomic mass is 32.1. The summed E-state index contributed by atoms with van der Waals surface area (Å²) >= 11 is 1.71. The second kappa shape index (κ2) is 7.29. The third-order valence-corrected chi connectivity index (χ3v) is 5.32. The van der Waals surface area contributed by atoms with Crippen molar-refractivity contribution in [2.45, 2.75) is 45.7 Å². The van der Waals surface area contributed by atoms with Gasteiger partial charge in [0.15, 0.2) is 5.96 Å². The zero-order chi connectivity index (χ0) is 16.2. The summed E-state index contributed by atoms with van der Waals surface area (Å²) in [7, 11) is 0. The molecule has 0 unspecified atom stereocenters. The number of hydrogen-bond acceptors (Lipinski definition) is 4. The van der Waals surface area contributed by atoms with Crippen molar-refractivity contribution in [1.29, 1.82) is 0 Å². The Morgan fingerprint density at radius 3 is 2.87 bits per heavy atom. The first kappa shape index (κ1) is 16.2. The molecule has 1 amide bonds. The molecule has 1 N–H and O–H groups in total. The first-order valence-electron chi connectivity index (χ1n) is 8.47. The minimum absolute atomic E-state index is 0.229. The van der Waals surface area contributed by atoms with E-state index in [2.05, 4.69) is 34.0 Å². The Kier molecular flexibility index (Phi) is 5.15. The average molecular weight is 335 g/mol. The van der Waals surface area contributed by atoms with Gasteiger partial charge in [-0.05, 0) is 26.2 Å². The first-order valence-corrected chi connectivity index (χ1v) is 9.29. The molecular weight excluding hydrogens is 310 g/mol. The molecule has 1 aliphatic heterocycles. The number of carbonyl (C=O) groups is 1. The van der Waals surface area contributed by atoms with Gasteiger partial charge in [0.1, 0.15) is 5.01 Å². The van der Waals surface area contributed by atoms with Gasteiger partial charge >= 0.3 is 0 Å². The predicted octanol–water partition coefficient (Wildman–Crippen LogP) is 1.48. The quantitative estimate of drug-likeness (QED) is 0.654. The monoisotopic (exact) mass is 335 g/mol. The van der Waals surface area contributed by atoms with E-state index in [1.807, 2.05) is 11.1 Å². The summed E-state index contributed by atoms with van der Waals surface area (Å²) in [6.07, 6.45) is 5.28. The highest BCUT2D eigenvalue weighted by Crippen LogP contribution is 2.28. The van der Waals surface area contributed by atoms with Crippen molar-refractivity contribution >= 4 is 23.2 Å². The molecule has 3 rings (SSSR count). The topological polar surface area (TPSA) is 60.8 Å². The van der Waals surface area contributed by atoms with E-state index in [-0.39, 0.29) is 5.91 Å². The average Bonchev–Trinajstić information content (AvgIpc) is 3.29. The van der Waals surface area contributed by atoms with Gasteiger partial charge in [0.2, 0.25) is 5.91 Å². The summed E-state index contributed by atoms with van der Waals surface area (Å²) in [6.45, 7) is 7.65. The van der Waals surface area contributed by atoms with Crippen molar-refractivity contribution in [1.82, 2.24) is 20.1 Å². The van der Waals surface area contributed by atoms with Gasteiger partial charge in [-0.1, -0.05) is 6.92 Å². The maximum absolute atomic E-state index is 12.3. The molecule has 2 heterocycles. The van der Waals surface area contributed by atoms with E-state index in [4.69, 9.17) is 0 Å². The Balaban J connectivity index is 1.63. The van der Waals surface area contributed by atoms with Gasteiger partial charge in [-0.3, -0.25) is 4.79 Å². The van der Waals surface area contributed by atoms with E-state index >= 15 is 0 Å². The highest BCUT2D eigenvalue weighted by Gasteiger charge is 2.36. The van der Waals surface area contributed by atoms with Crippen LogP contribution in [0.1, 0.15) is 36.6 Å². The summed E-state index contributed by atoms with van der Waals surface area (Å²) in [5.41, 5.74) is 0. The number of thiazole rings is 1. The van der Waals surface area contributed by atoms with Gasteiger partial charge in [0.05, 0.1) is 13.1 Å². The van der Waals surface area contributed by atoms with Crippen LogP contribution in [-0.4, -0.2) is 58.9 Å². The molecule has 2 fully saturated rings. The van der Waals surface area contributed by atoms with Gasteiger partial charge < -0.3 is 15.1 Å². The van der Waals surface area contributed by atoms with Crippen LogP contribution >= 0.6 is 11.3 Å². The van der Waals surface area contributed by atoms with E-state index < -0.39 is 0 Å². The van der Waals surface area contributed by atoms with Crippen LogP contribution < -0.4 is 5.32 Å². The number of piperazine rings is 1. The second-order valence-electron chi connectivity index (χ2n) is 5.98. The SMILES string of the molecule is CCNC(=NCc1ncc(CC)s1)N1CCN(C2CC2)C(=O)C1. The number of carbonyl (C=O) groups excluding carboxylic acids is 1. The molecule has 126 valence electrons. The minimum Gasteiger partial charge on any atom is -0.356 e. The number of rotatable bonds is 5. The molecule has 0 atom stereocenters. The van der Waals surface area contributed by atoms with E-state index in [0.717, 1.165) is 37.0 Å². The fraction of sp³-hybridized carbons (Fsp3) is 0.688. The Bertz CT molecular complexity index is 581. The van der Waals surface area contributed by atoms with Gasteiger partial charge in [-0.15, -0.1) is 11.3 Å². The molecule has 1 saturated carbocycles. The lowest BCUT2D eigenvalue weighted by Crippen LogP contribution is -2.55.